The van der Waals surface area contributed by atoms with Crippen LogP contribution in [0.5, 0.6) is 0 Å². The van der Waals surface area contributed by atoms with E-state index in [0.717, 1.165) is 28.3 Å². The van der Waals surface area contributed by atoms with Gasteiger partial charge in [0.25, 0.3) is 0 Å². The molecule has 0 saturated heterocycles. The van der Waals surface area contributed by atoms with Crippen LogP contribution in [0.2, 0.25) is 0 Å². The number of hydrogen-bond donors (Lipinski definition) is 1. The van der Waals surface area contributed by atoms with Gasteiger partial charge in [0.15, 0.2) is 5.13 Å². The standard InChI is InChI=1S/C16H16N4O2S2/c1-10-13(11(2)22-20-10)7-23-9-15(21)19-16-18-14(8-24-16)12-4-3-5-17-6-12/h3-6,8H,7,9H2,1-2H3,(H,18,19,21). The number of aryl methyl sites for hydroxylation is 2. The number of thiazole rings is 1. The van der Waals surface area contributed by atoms with E-state index >= 15 is 0 Å². The summed E-state index contributed by atoms with van der Waals surface area (Å²) in [5.74, 6) is 1.79. The normalized spacial score (nSPS) is 10.8. The fourth-order valence-corrected chi connectivity index (χ4v) is 3.80. The molecule has 6 nitrogen and oxygen atoms in total. The lowest BCUT2D eigenvalue weighted by Crippen LogP contribution is -2.14. The molecule has 1 N–H and O–H groups in total. The van der Waals surface area contributed by atoms with E-state index in [1.165, 1.54) is 23.1 Å². The van der Waals surface area contributed by atoms with Gasteiger partial charge in [-0.25, -0.2) is 4.98 Å². The largest absolute Gasteiger partial charge is 0.361 e. The average molecular weight is 360 g/mol. The van der Waals surface area contributed by atoms with Gasteiger partial charge in [-0.05, 0) is 26.0 Å². The lowest BCUT2D eigenvalue weighted by molar-refractivity contribution is -0.113. The second kappa shape index (κ2) is 7.59. The van der Waals surface area contributed by atoms with E-state index in [1.54, 1.807) is 12.4 Å². The minimum atomic E-state index is -0.0705. The maximum atomic E-state index is 12.0. The summed E-state index contributed by atoms with van der Waals surface area (Å²) < 4.78 is 5.12. The molecular weight excluding hydrogens is 344 g/mol. The second-order valence-electron chi connectivity index (χ2n) is 5.12. The van der Waals surface area contributed by atoms with Gasteiger partial charge in [-0.2, -0.15) is 0 Å². The van der Waals surface area contributed by atoms with E-state index in [1.807, 2.05) is 31.4 Å². The van der Waals surface area contributed by atoms with Crippen LogP contribution in [0.25, 0.3) is 11.3 Å². The molecule has 0 saturated carbocycles. The van der Waals surface area contributed by atoms with Crippen molar-refractivity contribution in [3.63, 3.8) is 0 Å². The highest BCUT2D eigenvalue weighted by Gasteiger charge is 2.11. The van der Waals surface area contributed by atoms with Gasteiger partial charge in [0, 0.05) is 34.7 Å². The first kappa shape index (κ1) is 16.7. The topological polar surface area (TPSA) is 80.9 Å². The molecule has 0 unspecified atom stereocenters. The number of thioether (sulfide) groups is 1. The Hall–Kier alpha value is -2.19. The Morgan fingerprint density at radius 1 is 1.42 bits per heavy atom. The molecule has 1 amide bonds. The van der Waals surface area contributed by atoms with Crippen molar-refractivity contribution in [3.8, 4) is 11.3 Å². The van der Waals surface area contributed by atoms with Crippen LogP contribution >= 0.6 is 23.1 Å². The lowest BCUT2D eigenvalue weighted by atomic mass is 10.2. The Kier molecular flexibility index (Phi) is 5.27. The van der Waals surface area contributed by atoms with Gasteiger partial charge < -0.3 is 9.84 Å². The van der Waals surface area contributed by atoms with Crippen molar-refractivity contribution >= 4 is 34.1 Å². The molecule has 0 aliphatic rings. The van der Waals surface area contributed by atoms with E-state index in [2.05, 4.69) is 20.4 Å². The van der Waals surface area contributed by atoms with Crippen LogP contribution in [-0.2, 0) is 10.5 Å². The number of carbonyl (C=O) groups excluding carboxylic acids is 1. The molecule has 124 valence electrons. The molecule has 3 rings (SSSR count). The van der Waals surface area contributed by atoms with Crippen LogP contribution in [0.4, 0.5) is 5.13 Å². The van der Waals surface area contributed by atoms with Gasteiger partial charge in [-0.3, -0.25) is 9.78 Å². The van der Waals surface area contributed by atoms with Crippen LogP contribution in [0.15, 0.2) is 34.4 Å². The molecule has 3 aromatic heterocycles. The van der Waals surface area contributed by atoms with E-state index in [-0.39, 0.29) is 5.91 Å². The Labute approximate surface area is 147 Å². The minimum absolute atomic E-state index is 0.0705. The molecule has 3 heterocycles. The van der Waals surface area contributed by atoms with Crippen LogP contribution in [0, 0.1) is 13.8 Å². The maximum Gasteiger partial charge on any atom is 0.236 e. The third kappa shape index (κ3) is 4.01. The molecule has 0 atom stereocenters. The summed E-state index contributed by atoms with van der Waals surface area (Å²) in [6.45, 7) is 3.79. The number of aromatic nitrogens is 3. The summed E-state index contributed by atoms with van der Waals surface area (Å²) in [5.41, 5.74) is 3.68. The van der Waals surface area contributed by atoms with Crippen molar-refractivity contribution in [2.45, 2.75) is 19.6 Å². The zero-order valence-electron chi connectivity index (χ0n) is 13.3. The van der Waals surface area contributed by atoms with E-state index < -0.39 is 0 Å². The van der Waals surface area contributed by atoms with Crippen molar-refractivity contribution in [2.24, 2.45) is 0 Å². The van der Waals surface area contributed by atoms with Gasteiger partial charge >= 0.3 is 0 Å². The average Bonchev–Trinajstić information content (AvgIpc) is 3.17. The third-order valence-corrected chi connectivity index (χ3v) is 5.09. The smallest absolute Gasteiger partial charge is 0.236 e. The van der Waals surface area contributed by atoms with Gasteiger partial charge in [0.2, 0.25) is 5.91 Å². The summed E-state index contributed by atoms with van der Waals surface area (Å²) in [4.78, 5) is 20.5. The fraction of sp³-hybridized carbons (Fsp3) is 0.250. The van der Waals surface area contributed by atoms with Crippen molar-refractivity contribution in [1.29, 1.82) is 0 Å². The summed E-state index contributed by atoms with van der Waals surface area (Å²) in [7, 11) is 0. The number of nitrogens with zero attached hydrogens (tertiary/aromatic N) is 3. The minimum Gasteiger partial charge on any atom is -0.361 e. The SMILES string of the molecule is Cc1noc(C)c1CSCC(=O)Nc1nc(-c2cccnc2)cs1. The first-order valence-corrected chi connectivity index (χ1v) is 9.32. The van der Waals surface area contributed by atoms with Gasteiger partial charge in [0.1, 0.15) is 5.76 Å². The molecule has 0 fully saturated rings. The van der Waals surface area contributed by atoms with Gasteiger partial charge in [-0.1, -0.05) is 5.16 Å². The Bertz CT molecular complexity index is 810. The van der Waals surface area contributed by atoms with Gasteiger partial charge in [-0.15, -0.1) is 23.1 Å². The summed E-state index contributed by atoms with van der Waals surface area (Å²) in [6.07, 6.45) is 3.47. The first-order chi connectivity index (χ1) is 11.6. The van der Waals surface area contributed by atoms with Crippen LogP contribution < -0.4 is 5.32 Å². The zero-order valence-corrected chi connectivity index (χ0v) is 14.9. The first-order valence-electron chi connectivity index (χ1n) is 7.29. The van der Waals surface area contributed by atoms with E-state index in [4.69, 9.17) is 4.52 Å². The van der Waals surface area contributed by atoms with Crippen LogP contribution in [0.1, 0.15) is 17.0 Å². The summed E-state index contributed by atoms with van der Waals surface area (Å²) in [5, 5.41) is 9.24. The van der Waals surface area contributed by atoms with Crippen LogP contribution in [0.3, 0.4) is 0 Å². The lowest BCUT2D eigenvalue weighted by Gasteiger charge is -2.02. The third-order valence-electron chi connectivity index (χ3n) is 3.37. The molecule has 0 spiro atoms. The highest BCUT2D eigenvalue weighted by Crippen LogP contribution is 2.24. The predicted octanol–water partition coefficient (Wildman–Crippen LogP) is 3.68. The molecule has 0 aliphatic heterocycles. The zero-order chi connectivity index (χ0) is 16.9. The predicted molar refractivity (Wildman–Crippen MR) is 96.1 cm³/mol. The molecule has 8 heteroatoms. The Morgan fingerprint density at radius 2 is 2.29 bits per heavy atom. The maximum absolute atomic E-state index is 12.0. The number of nitrogens with one attached hydrogen (secondary N) is 1. The fourth-order valence-electron chi connectivity index (χ4n) is 2.09. The van der Waals surface area contributed by atoms with Crippen molar-refractivity contribution in [2.75, 3.05) is 11.1 Å². The quantitative estimate of drug-likeness (QED) is 0.722. The number of hydrogen-bond acceptors (Lipinski definition) is 7. The monoisotopic (exact) mass is 360 g/mol. The Morgan fingerprint density at radius 3 is 3.00 bits per heavy atom. The van der Waals surface area contributed by atoms with Gasteiger partial charge in [0.05, 0.1) is 17.1 Å². The van der Waals surface area contributed by atoms with Crippen LogP contribution in [-0.4, -0.2) is 26.8 Å². The molecule has 0 aliphatic carbocycles. The highest BCUT2D eigenvalue weighted by molar-refractivity contribution is 7.99. The summed E-state index contributed by atoms with van der Waals surface area (Å²) >= 11 is 2.93. The second-order valence-corrected chi connectivity index (χ2v) is 6.97. The molecule has 0 radical (unpaired) electrons. The van der Waals surface area contributed by atoms with Crippen molar-refractivity contribution < 1.29 is 9.32 Å². The molecule has 0 bridgehead atoms. The summed E-state index contributed by atoms with van der Waals surface area (Å²) in [6, 6.07) is 3.80. The van der Waals surface area contributed by atoms with E-state index in [0.29, 0.717) is 16.6 Å². The van der Waals surface area contributed by atoms with E-state index in [9.17, 15) is 4.79 Å². The number of anilines is 1. The molecular formula is C16H16N4O2S2. The number of amides is 1. The number of carbonyl (C=O) groups is 1. The molecule has 0 aromatic carbocycles. The molecule has 3 aromatic rings. The number of pyridine rings is 1. The highest BCUT2D eigenvalue weighted by atomic mass is 32.2. The number of rotatable bonds is 6. The van der Waals surface area contributed by atoms with Crippen molar-refractivity contribution in [1.82, 2.24) is 15.1 Å². The Balaban J connectivity index is 1.51. The molecule has 24 heavy (non-hydrogen) atoms. The van der Waals surface area contributed by atoms with Crippen molar-refractivity contribution in [3.05, 3.63) is 46.9 Å².